The second kappa shape index (κ2) is 7.85. The lowest BCUT2D eigenvalue weighted by Crippen LogP contribution is -2.25. The molecule has 3 rings (SSSR count). The summed E-state index contributed by atoms with van der Waals surface area (Å²) in [5.74, 6) is 0.880. The van der Waals surface area contributed by atoms with Crippen LogP contribution < -0.4 is 10.3 Å². The summed E-state index contributed by atoms with van der Waals surface area (Å²) >= 11 is 9.29. The molecule has 0 aliphatic rings. The van der Waals surface area contributed by atoms with E-state index < -0.39 is 0 Å². The molecule has 4 nitrogen and oxygen atoms in total. The molecule has 0 aliphatic carbocycles. The van der Waals surface area contributed by atoms with Gasteiger partial charge in [0.25, 0.3) is 5.56 Å². The highest BCUT2D eigenvalue weighted by atomic mass is 79.9. The van der Waals surface area contributed by atoms with Gasteiger partial charge in [-0.15, -0.1) is 0 Å². The second-order valence-corrected chi connectivity index (χ2v) is 6.80. The zero-order valence-corrected chi connectivity index (χ0v) is 15.9. The van der Waals surface area contributed by atoms with Gasteiger partial charge in [-0.05, 0) is 46.1 Å². The van der Waals surface area contributed by atoms with Gasteiger partial charge in [-0.1, -0.05) is 54.1 Å². The third kappa shape index (κ3) is 4.30. The van der Waals surface area contributed by atoms with Crippen LogP contribution in [0.4, 0.5) is 0 Å². The van der Waals surface area contributed by atoms with Gasteiger partial charge in [-0.2, -0.15) is 4.98 Å². The zero-order valence-electron chi connectivity index (χ0n) is 13.6. The fourth-order valence-electron chi connectivity index (χ4n) is 2.44. The fraction of sp³-hybridized carbons (Fsp3) is 0.158. The lowest BCUT2D eigenvalue weighted by molar-refractivity contribution is 0.288. The minimum absolute atomic E-state index is 0.169. The lowest BCUT2D eigenvalue weighted by atomic mass is 10.2. The third-order valence-electron chi connectivity index (χ3n) is 3.72. The Balaban J connectivity index is 1.84. The van der Waals surface area contributed by atoms with Gasteiger partial charge in [0.1, 0.15) is 16.9 Å². The van der Waals surface area contributed by atoms with Gasteiger partial charge in [0.15, 0.2) is 0 Å². The monoisotopic (exact) mass is 418 g/mol. The molecule has 0 unspecified atom stereocenters. The Morgan fingerprint density at radius 2 is 1.84 bits per heavy atom. The lowest BCUT2D eigenvalue weighted by Gasteiger charge is -2.13. The molecule has 0 aliphatic heterocycles. The van der Waals surface area contributed by atoms with Crippen LogP contribution in [0.2, 0.25) is 5.02 Å². The summed E-state index contributed by atoms with van der Waals surface area (Å²) in [6.07, 6.45) is 0. The number of hydrogen-bond donors (Lipinski definition) is 0. The van der Waals surface area contributed by atoms with Crippen LogP contribution in [0.3, 0.4) is 0 Å². The Kier molecular flexibility index (Phi) is 5.56. The molecule has 0 bridgehead atoms. The maximum atomic E-state index is 12.7. The Labute approximate surface area is 159 Å². The Morgan fingerprint density at radius 3 is 2.56 bits per heavy atom. The number of aryl methyl sites for hydroxylation is 1. The van der Waals surface area contributed by atoms with Crippen LogP contribution in [0.15, 0.2) is 63.9 Å². The van der Waals surface area contributed by atoms with Crippen molar-refractivity contribution < 1.29 is 4.74 Å². The van der Waals surface area contributed by atoms with Crippen LogP contribution in [-0.2, 0) is 13.2 Å². The van der Waals surface area contributed by atoms with Crippen LogP contribution in [0, 0.1) is 6.92 Å². The van der Waals surface area contributed by atoms with E-state index in [-0.39, 0.29) is 18.0 Å². The highest BCUT2D eigenvalue weighted by Crippen LogP contribution is 2.21. The molecule has 0 N–H and O–H groups in total. The standard InChI is InChI=1S/C19H16BrClN2O2/c1-13-22-18(25-12-15-8-5-9-16(21)10-15)17(20)19(24)23(13)11-14-6-3-2-4-7-14/h2-10H,11-12H2,1H3. The normalized spacial score (nSPS) is 10.7. The van der Waals surface area contributed by atoms with Crippen molar-refractivity contribution in [3.63, 3.8) is 0 Å². The number of ether oxygens (including phenoxy) is 1. The first kappa shape index (κ1) is 17.7. The number of aromatic nitrogens is 2. The average Bonchev–Trinajstić information content (AvgIpc) is 2.61. The number of nitrogens with zero attached hydrogens (tertiary/aromatic N) is 2. The van der Waals surface area contributed by atoms with Gasteiger partial charge in [-0.25, -0.2) is 0 Å². The molecule has 0 saturated carbocycles. The van der Waals surface area contributed by atoms with Crippen molar-refractivity contribution in [1.29, 1.82) is 0 Å². The summed E-state index contributed by atoms with van der Waals surface area (Å²) < 4.78 is 7.65. The van der Waals surface area contributed by atoms with Crippen molar-refractivity contribution in [3.8, 4) is 5.88 Å². The SMILES string of the molecule is Cc1nc(OCc2cccc(Cl)c2)c(Br)c(=O)n1Cc1ccccc1. The maximum Gasteiger partial charge on any atom is 0.272 e. The predicted molar refractivity (Wildman–Crippen MR) is 102 cm³/mol. The third-order valence-corrected chi connectivity index (χ3v) is 4.64. The molecule has 0 amide bonds. The van der Waals surface area contributed by atoms with Crippen LogP contribution >= 0.6 is 27.5 Å². The molecule has 0 saturated heterocycles. The maximum absolute atomic E-state index is 12.7. The van der Waals surface area contributed by atoms with Crippen LogP contribution in [0.1, 0.15) is 17.0 Å². The molecule has 128 valence electrons. The van der Waals surface area contributed by atoms with Crippen LogP contribution in [0.25, 0.3) is 0 Å². The topological polar surface area (TPSA) is 44.1 Å². The van der Waals surface area contributed by atoms with E-state index in [1.807, 2.05) is 48.5 Å². The first-order valence-corrected chi connectivity index (χ1v) is 8.90. The molecule has 25 heavy (non-hydrogen) atoms. The van der Waals surface area contributed by atoms with Crippen molar-refractivity contribution in [2.45, 2.75) is 20.1 Å². The van der Waals surface area contributed by atoms with E-state index in [4.69, 9.17) is 16.3 Å². The number of benzene rings is 2. The molecular formula is C19H16BrClN2O2. The number of rotatable bonds is 5. The first-order valence-electron chi connectivity index (χ1n) is 7.72. The summed E-state index contributed by atoms with van der Waals surface area (Å²) in [5.41, 5.74) is 1.78. The average molecular weight is 420 g/mol. The largest absolute Gasteiger partial charge is 0.472 e. The Hall–Kier alpha value is -2.11. The quantitative estimate of drug-likeness (QED) is 0.607. The summed E-state index contributed by atoms with van der Waals surface area (Å²) in [6.45, 7) is 2.54. The van der Waals surface area contributed by atoms with Gasteiger partial charge in [-0.3, -0.25) is 9.36 Å². The van der Waals surface area contributed by atoms with Gasteiger partial charge in [0.2, 0.25) is 5.88 Å². The second-order valence-electron chi connectivity index (χ2n) is 5.57. The van der Waals surface area contributed by atoms with E-state index in [0.29, 0.717) is 21.9 Å². The highest BCUT2D eigenvalue weighted by Gasteiger charge is 2.14. The molecule has 2 aromatic carbocycles. The Morgan fingerprint density at radius 1 is 1.12 bits per heavy atom. The van der Waals surface area contributed by atoms with Gasteiger partial charge in [0, 0.05) is 5.02 Å². The van der Waals surface area contributed by atoms with E-state index >= 15 is 0 Å². The summed E-state index contributed by atoms with van der Waals surface area (Å²) in [7, 11) is 0. The Bertz CT molecular complexity index is 942. The summed E-state index contributed by atoms with van der Waals surface area (Å²) in [6, 6.07) is 17.2. The molecule has 1 heterocycles. The van der Waals surface area contributed by atoms with Crippen molar-refractivity contribution in [1.82, 2.24) is 9.55 Å². The smallest absolute Gasteiger partial charge is 0.272 e. The van der Waals surface area contributed by atoms with E-state index in [1.165, 1.54) is 0 Å². The molecule has 6 heteroatoms. The summed E-state index contributed by atoms with van der Waals surface area (Å²) in [5, 5.41) is 0.641. The van der Waals surface area contributed by atoms with Gasteiger partial charge >= 0.3 is 0 Å². The van der Waals surface area contributed by atoms with Crippen LogP contribution in [0.5, 0.6) is 5.88 Å². The molecule has 0 radical (unpaired) electrons. The molecular weight excluding hydrogens is 404 g/mol. The summed E-state index contributed by atoms with van der Waals surface area (Å²) in [4.78, 5) is 17.1. The molecule has 1 aromatic heterocycles. The highest BCUT2D eigenvalue weighted by molar-refractivity contribution is 9.10. The van der Waals surface area contributed by atoms with Crippen molar-refractivity contribution in [2.24, 2.45) is 0 Å². The zero-order chi connectivity index (χ0) is 17.8. The van der Waals surface area contributed by atoms with Crippen LogP contribution in [-0.4, -0.2) is 9.55 Å². The van der Waals surface area contributed by atoms with E-state index in [9.17, 15) is 4.79 Å². The first-order chi connectivity index (χ1) is 12.0. The van der Waals surface area contributed by atoms with Gasteiger partial charge in [0.05, 0.1) is 6.54 Å². The minimum atomic E-state index is -0.169. The fourth-order valence-corrected chi connectivity index (χ4v) is 3.07. The van der Waals surface area contributed by atoms with Crippen molar-refractivity contribution in [2.75, 3.05) is 0 Å². The minimum Gasteiger partial charge on any atom is -0.472 e. The number of hydrogen-bond acceptors (Lipinski definition) is 3. The molecule has 0 spiro atoms. The van der Waals surface area contributed by atoms with E-state index in [0.717, 1.165) is 11.1 Å². The van der Waals surface area contributed by atoms with Crippen molar-refractivity contribution >= 4 is 27.5 Å². The predicted octanol–water partition coefficient (Wildman–Crippen LogP) is 4.59. The van der Waals surface area contributed by atoms with Crippen molar-refractivity contribution in [3.05, 3.63) is 91.4 Å². The van der Waals surface area contributed by atoms with E-state index in [2.05, 4.69) is 20.9 Å². The number of halogens is 2. The molecule has 3 aromatic rings. The molecule has 0 fully saturated rings. The van der Waals surface area contributed by atoms with Gasteiger partial charge < -0.3 is 4.74 Å². The molecule has 0 atom stereocenters. The van der Waals surface area contributed by atoms with E-state index in [1.54, 1.807) is 17.6 Å².